The van der Waals surface area contributed by atoms with Crippen LogP contribution in [-0.2, 0) is 96.5 Å². The van der Waals surface area contributed by atoms with E-state index in [4.69, 9.17) is 47.7 Å². The molecular formula is C77H113N7O17. The Kier molecular flexibility index (Phi) is 37.5. The van der Waals surface area contributed by atoms with Crippen molar-refractivity contribution in [1.29, 1.82) is 0 Å². The molecule has 4 rings (SSSR count). The van der Waals surface area contributed by atoms with E-state index in [1.165, 1.54) is 6.92 Å². The molecule has 1 heterocycles. The van der Waals surface area contributed by atoms with Crippen LogP contribution in [0, 0.1) is 5.41 Å². The highest BCUT2D eigenvalue weighted by Crippen LogP contribution is 2.28. The number of Topliss-reactive ketones (excluding diaryl/α,β-unsaturated/α-hetero) is 2. The third-order valence-electron chi connectivity index (χ3n) is 15.4. The monoisotopic (exact) mass is 1410 g/mol. The highest BCUT2D eigenvalue weighted by molar-refractivity contribution is 5.84. The summed E-state index contributed by atoms with van der Waals surface area (Å²) in [6, 6.07) is 22.8. The Morgan fingerprint density at radius 1 is 0.515 bits per heavy atom. The number of hydrogen-bond donors (Lipinski definition) is 4. The Hall–Kier alpha value is -8.73. The van der Waals surface area contributed by atoms with E-state index in [1.54, 1.807) is 62.7 Å². The average molecular weight is 1410 g/mol. The summed E-state index contributed by atoms with van der Waals surface area (Å²) in [5.74, 6) is 0.809. The Balaban J connectivity index is 0.00000867. The van der Waals surface area contributed by atoms with Crippen LogP contribution in [0.3, 0.4) is 0 Å². The third kappa shape index (κ3) is 38.6. The van der Waals surface area contributed by atoms with Gasteiger partial charge in [-0.15, -0.1) is 0 Å². The number of carbonyl (C=O) groups excluding carboxylic acids is 10. The summed E-state index contributed by atoms with van der Waals surface area (Å²) in [4.78, 5) is 129. The molecule has 24 nitrogen and oxygen atoms in total. The van der Waals surface area contributed by atoms with Gasteiger partial charge in [0.05, 0.1) is 33.0 Å². The molecule has 0 bridgehead atoms. The van der Waals surface area contributed by atoms with Gasteiger partial charge in [-0.1, -0.05) is 63.6 Å². The quantitative estimate of drug-likeness (QED) is 0.0182. The zero-order valence-electron chi connectivity index (χ0n) is 62.7. The van der Waals surface area contributed by atoms with Crippen LogP contribution < -0.4 is 40.2 Å². The van der Waals surface area contributed by atoms with Gasteiger partial charge in [-0.2, -0.15) is 9.59 Å². The molecule has 2 atom stereocenters. The van der Waals surface area contributed by atoms with E-state index in [0.29, 0.717) is 113 Å². The molecule has 0 aliphatic rings. The number of benzene rings is 3. The molecule has 0 saturated heterocycles. The summed E-state index contributed by atoms with van der Waals surface area (Å²) < 4.78 is 40.4. The maximum absolute atomic E-state index is 13.7. The summed E-state index contributed by atoms with van der Waals surface area (Å²) in [7, 11) is 3.22. The molecule has 0 saturated carbocycles. The van der Waals surface area contributed by atoms with Crippen molar-refractivity contribution in [3.8, 4) is 23.0 Å². The van der Waals surface area contributed by atoms with E-state index in [9.17, 15) is 38.4 Å². The molecule has 1 aromatic heterocycles. The highest BCUT2D eigenvalue weighted by Gasteiger charge is 2.32. The number of unbranched alkanes of at least 4 members (excludes halogenated alkanes) is 3. The number of pyridine rings is 1. The maximum Gasteiger partial charge on any atom is 0.373 e. The lowest BCUT2D eigenvalue weighted by Gasteiger charge is -2.32. The molecule has 0 aliphatic heterocycles. The van der Waals surface area contributed by atoms with Gasteiger partial charge in [0.15, 0.2) is 0 Å². The zero-order chi connectivity index (χ0) is 75.3. The Bertz CT molecular complexity index is 3290. The standard InChI is InChI=1S/C76H113N7O15.CO2/c1-53(84)24-25-55-30-38-64(94-51-56-26-33-60(92-15)34-27-56)58(46-55)48-83(50-70(89)97-75(9,10)11)45-44-82(47-54(2)85)49-63-65(95-52-57-28-35-61(93-16)36-29-57)39-31-59(79-63)32-40-68(87)78-42-20-17-18-23-67(86)77-43-21-19-22-66(73(3,4)5)81-72(91)80-62(71(90)98-76(12,13)14)37-41-69(88)96-74(6,7)8;2-1-3/h26-31,33-36,38-39,46,62,66H,17-25,32,37,40-45,47-52H2,1-16H3,(H,77,86)(H,78,87)(H2,80,81,91);/t62-,66-;/m0./s1. The number of methoxy groups -OCH3 is 2. The predicted octanol–water partition coefficient (Wildman–Crippen LogP) is 10.9. The van der Waals surface area contributed by atoms with Crippen molar-refractivity contribution in [2.45, 2.75) is 236 Å². The largest absolute Gasteiger partial charge is 0.497 e. The van der Waals surface area contributed by atoms with Gasteiger partial charge in [0.25, 0.3) is 0 Å². The molecule has 0 spiro atoms. The van der Waals surface area contributed by atoms with Gasteiger partial charge in [0, 0.05) is 82.3 Å². The van der Waals surface area contributed by atoms with Gasteiger partial charge in [-0.3, -0.25) is 38.8 Å². The van der Waals surface area contributed by atoms with Crippen molar-refractivity contribution in [1.82, 2.24) is 36.1 Å². The fraction of sp³-hybridized carbons (Fsp3) is 0.584. The number of nitrogens with one attached hydrogen (secondary N) is 4. The second-order valence-electron chi connectivity index (χ2n) is 29.2. The lowest BCUT2D eigenvalue weighted by Crippen LogP contribution is -2.53. The Morgan fingerprint density at radius 2 is 1.03 bits per heavy atom. The highest BCUT2D eigenvalue weighted by atomic mass is 16.6. The summed E-state index contributed by atoms with van der Waals surface area (Å²) in [5.41, 5.74) is 2.25. The SMILES string of the molecule is COc1ccc(COc2ccc(CCC(C)=O)cc2CN(CCN(CC(C)=O)Cc2nc(CCC(=O)NCCCCCC(=O)NCCCC[C@H](NC(=O)N[C@@H](CCC(=O)OC(C)(C)C)C(=O)OC(C)(C)C)C(C)(C)C)ccc2OCc2ccc(OC)cc2)CC(=O)OC(C)(C)C)cc1.O=C=O. The zero-order valence-corrected chi connectivity index (χ0v) is 62.7. The number of esters is 3. The van der Waals surface area contributed by atoms with Crippen molar-refractivity contribution in [2.24, 2.45) is 5.41 Å². The van der Waals surface area contributed by atoms with Crippen molar-refractivity contribution in [3.05, 3.63) is 113 Å². The van der Waals surface area contributed by atoms with Crippen molar-refractivity contribution in [3.63, 3.8) is 0 Å². The van der Waals surface area contributed by atoms with E-state index in [-0.39, 0.29) is 99.6 Å². The molecule has 4 amide bonds. The van der Waals surface area contributed by atoms with Crippen LogP contribution in [0.1, 0.15) is 201 Å². The average Bonchev–Trinajstić information content (AvgIpc) is 0.851. The van der Waals surface area contributed by atoms with Gasteiger partial charge < -0.3 is 59.2 Å². The first-order chi connectivity index (χ1) is 47.5. The number of ketones is 2. The number of ether oxygens (including phenoxy) is 7. The van der Waals surface area contributed by atoms with Crippen LogP contribution in [0.25, 0.3) is 0 Å². The van der Waals surface area contributed by atoms with Crippen molar-refractivity contribution < 1.29 is 81.1 Å². The van der Waals surface area contributed by atoms with Crippen molar-refractivity contribution in [2.75, 3.05) is 53.5 Å². The van der Waals surface area contributed by atoms with E-state index in [0.717, 1.165) is 34.4 Å². The van der Waals surface area contributed by atoms with Gasteiger partial charge >= 0.3 is 30.1 Å². The minimum absolute atomic E-state index is 0.00685. The van der Waals surface area contributed by atoms with Crippen LogP contribution in [0.2, 0.25) is 0 Å². The van der Waals surface area contributed by atoms with Crippen molar-refractivity contribution >= 4 is 53.5 Å². The van der Waals surface area contributed by atoms with Crippen LogP contribution >= 0.6 is 0 Å². The molecule has 4 N–H and O–H groups in total. The van der Waals surface area contributed by atoms with Gasteiger partial charge in [-0.25, -0.2) is 9.59 Å². The molecule has 0 fully saturated rings. The summed E-state index contributed by atoms with van der Waals surface area (Å²) >= 11 is 0. The third-order valence-corrected chi connectivity index (χ3v) is 15.4. The summed E-state index contributed by atoms with van der Waals surface area (Å²) in [6.45, 7) is 27.6. The smallest absolute Gasteiger partial charge is 0.373 e. The number of aryl methyl sites for hydroxylation is 2. The molecule has 0 radical (unpaired) electrons. The number of nitrogens with zero attached hydrogens (tertiary/aromatic N) is 3. The Morgan fingerprint density at radius 3 is 1.56 bits per heavy atom. The molecule has 0 aliphatic carbocycles. The van der Waals surface area contributed by atoms with Gasteiger partial charge in [0.1, 0.15) is 70.6 Å². The number of amides is 4. The topological polar surface area (TPSA) is 303 Å². The van der Waals surface area contributed by atoms with Crippen LogP contribution in [0.5, 0.6) is 23.0 Å². The molecular weight excluding hydrogens is 1290 g/mol. The second kappa shape index (κ2) is 43.8. The van der Waals surface area contributed by atoms with E-state index >= 15 is 0 Å². The van der Waals surface area contributed by atoms with Crippen LogP contribution in [0.4, 0.5) is 4.79 Å². The van der Waals surface area contributed by atoms with Crippen LogP contribution in [-0.4, -0.2) is 151 Å². The fourth-order valence-electron chi connectivity index (χ4n) is 10.4. The number of hydrogen-bond acceptors (Lipinski definition) is 20. The number of aromatic nitrogens is 1. The number of carbonyl (C=O) groups is 8. The lowest BCUT2D eigenvalue weighted by atomic mass is 9.84. The maximum atomic E-state index is 13.7. The normalized spacial score (nSPS) is 12.1. The molecule has 101 heavy (non-hydrogen) atoms. The first-order valence-electron chi connectivity index (χ1n) is 34.8. The van der Waals surface area contributed by atoms with Gasteiger partial charge in [-0.05, 0) is 192 Å². The van der Waals surface area contributed by atoms with E-state index < -0.39 is 46.8 Å². The van der Waals surface area contributed by atoms with Crippen LogP contribution in [0.15, 0.2) is 78.9 Å². The fourth-order valence-corrected chi connectivity index (χ4v) is 10.4. The predicted molar refractivity (Wildman–Crippen MR) is 383 cm³/mol. The minimum atomic E-state index is -1.07. The number of rotatable bonds is 42. The first kappa shape index (κ1) is 86.5. The summed E-state index contributed by atoms with van der Waals surface area (Å²) in [5, 5.41) is 11.8. The minimum Gasteiger partial charge on any atom is -0.497 e. The Labute approximate surface area is 598 Å². The number of urea groups is 1. The molecule has 4 aromatic rings. The van der Waals surface area contributed by atoms with E-state index in [1.807, 2.05) is 130 Å². The molecule has 0 unspecified atom stereocenters. The lowest BCUT2D eigenvalue weighted by molar-refractivity contribution is -0.192. The molecule has 3 aromatic carbocycles. The molecule has 558 valence electrons. The second-order valence-corrected chi connectivity index (χ2v) is 29.2. The first-order valence-corrected chi connectivity index (χ1v) is 34.8. The summed E-state index contributed by atoms with van der Waals surface area (Å²) in [6.07, 6.45) is 6.02. The van der Waals surface area contributed by atoms with E-state index in [2.05, 4.69) is 21.3 Å². The molecule has 24 heteroatoms. The van der Waals surface area contributed by atoms with Gasteiger partial charge in [0.2, 0.25) is 11.8 Å².